The molecule has 3 aliphatic rings. The van der Waals surface area contributed by atoms with E-state index in [0.717, 1.165) is 29.2 Å². The van der Waals surface area contributed by atoms with Gasteiger partial charge in [-0.2, -0.15) is 5.26 Å². The van der Waals surface area contributed by atoms with Crippen LogP contribution in [-0.2, 0) is 0 Å². The van der Waals surface area contributed by atoms with E-state index < -0.39 is 0 Å². The highest BCUT2D eigenvalue weighted by Crippen LogP contribution is 2.45. The van der Waals surface area contributed by atoms with Gasteiger partial charge in [0, 0.05) is 6.04 Å². The van der Waals surface area contributed by atoms with Crippen molar-refractivity contribution in [3.05, 3.63) is 53.6 Å². The van der Waals surface area contributed by atoms with Gasteiger partial charge < -0.3 is 9.64 Å². The average Bonchev–Trinajstić information content (AvgIpc) is 3.16. The molecular formula is C27H32N2O. The summed E-state index contributed by atoms with van der Waals surface area (Å²) in [4.78, 5) is 2.80. The Labute approximate surface area is 180 Å². The maximum atomic E-state index is 9.06. The van der Waals surface area contributed by atoms with Gasteiger partial charge in [0.2, 0.25) is 0 Å². The van der Waals surface area contributed by atoms with Gasteiger partial charge in [0.25, 0.3) is 0 Å². The van der Waals surface area contributed by atoms with Crippen molar-refractivity contribution in [1.29, 1.82) is 5.26 Å². The Hall–Kier alpha value is -2.31. The van der Waals surface area contributed by atoms with Gasteiger partial charge in [0.1, 0.15) is 5.75 Å². The minimum Gasteiger partial charge on any atom is -0.496 e. The number of likely N-dealkylation sites (tertiary alicyclic amines) is 1. The Morgan fingerprint density at radius 2 is 1.53 bits per heavy atom. The molecule has 2 aromatic carbocycles. The van der Waals surface area contributed by atoms with Crippen molar-refractivity contribution in [2.45, 2.75) is 56.9 Å². The van der Waals surface area contributed by atoms with Crippen LogP contribution >= 0.6 is 0 Å². The second-order valence-electron chi connectivity index (χ2n) is 9.63. The lowest BCUT2D eigenvalue weighted by Gasteiger charge is -2.41. The van der Waals surface area contributed by atoms with Gasteiger partial charge in [0.05, 0.1) is 18.7 Å². The number of rotatable bonds is 4. The highest BCUT2D eigenvalue weighted by molar-refractivity contribution is 5.67. The summed E-state index contributed by atoms with van der Waals surface area (Å²) in [6.45, 7) is 2.44. The lowest BCUT2D eigenvalue weighted by molar-refractivity contribution is 0.0980. The summed E-state index contributed by atoms with van der Waals surface area (Å²) >= 11 is 0. The van der Waals surface area contributed by atoms with Gasteiger partial charge >= 0.3 is 0 Å². The molecule has 0 radical (unpaired) electrons. The van der Waals surface area contributed by atoms with Gasteiger partial charge in [0.15, 0.2) is 0 Å². The van der Waals surface area contributed by atoms with Crippen LogP contribution in [-0.4, -0.2) is 31.1 Å². The van der Waals surface area contributed by atoms with E-state index in [1.165, 1.54) is 69.2 Å². The molecule has 0 spiro atoms. The number of ether oxygens (including phenoxy) is 1. The van der Waals surface area contributed by atoms with Crippen molar-refractivity contribution < 1.29 is 4.74 Å². The Morgan fingerprint density at radius 3 is 2.17 bits per heavy atom. The highest BCUT2D eigenvalue weighted by Gasteiger charge is 2.37. The molecule has 1 saturated heterocycles. The third-order valence-electron chi connectivity index (χ3n) is 7.92. The first-order chi connectivity index (χ1) is 14.7. The van der Waals surface area contributed by atoms with Crippen LogP contribution in [0.1, 0.15) is 62.0 Å². The number of nitrogens with zero attached hydrogens (tertiary/aromatic N) is 2. The van der Waals surface area contributed by atoms with Crippen molar-refractivity contribution in [2.75, 3.05) is 20.2 Å². The fourth-order valence-corrected chi connectivity index (χ4v) is 6.32. The number of hydrogen-bond donors (Lipinski definition) is 0. The Kier molecular flexibility index (Phi) is 5.52. The first-order valence-corrected chi connectivity index (χ1v) is 11.7. The lowest BCUT2D eigenvalue weighted by atomic mass is 9.82. The van der Waals surface area contributed by atoms with E-state index in [-0.39, 0.29) is 0 Å². The van der Waals surface area contributed by atoms with Crippen LogP contribution in [0.5, 0.6) is 5.75 Å². The summed E-state index contributed by atoms with van der Waals surface area (Å²) in [5.41, 5.74) is 4.42. The molecule has 2 saturated carbocycles. The molecule has 1 aliphatic heterocycles. The van der Waals surface area contributed by atoms with Crippen LogP contribution in [0.25, 0.3) is 11.1 Å². The third kappa shape index (κ3) is 3.86. The van der Waals surface area contributed by atoms with E-state index >= 15 is 0 Å². The second kappa shape index (κ2) is 8.44. The second-order valence-corrected chi connectivity index (χ2v) is 9.63. The molecule has 2 aromatic rings. The van der Waals surface area contributed by atoms with E-state index in [4.69, 9.17) is 10.00 Å². The maximum Gasteiger partial charge on any atom is 0.122 e. The molecule has 0 amide bonds. The minimum absolute atomic E-state index is 0.565. The summed E-state index contributed by atoms with van der Waals surface area (Å²) in [6, 6.07) is 17.5. The molecule has 3 heteroatoms. The van der Waals surface area contributed by atoms with E-state index in [9.17, 15) is 0 Å². The molecule has 2 atom stereocenters. The van der Waals surface area contributed by atoms with Gasteiger partial charge in [-0.3, -0.25) is 0 Å². The number of fused-ring (bicyclic) bond motifs is 2. The smallest absolute Gasteiger partial charge is 0.122 e. The number of benzene rings is 2. The molecule has 156 valence electrons. The van der Waals surface area contributed by atoms with Crippen LogP contribution < -0.4 is 4.74 Å². The molecule has 2 bridgehead atoms. The third-order valence-corrected chi connectivity index (χ3v) is 7.92. The molecule has 5 rings (SSSR count). The highest BCUT2D eigenvalue weighted by atomic mass is 16.5. The molecule has 1 heterocycles. The standard InChI is InChI=1S/C27H32N2O/c1-30-27-9-8-24(22-6-4-19(18-28)5-7-22)17-26(27)23-10-12-29(13-11-23)25-15-20-2-3-21(14-20)16-25/h4-9,17,20-21,23,25H,2-3,10-16H2,1H3. The van der Waals surface area contributed by atoms with Crippen LogP contribution in [0, 0.1) is 23.2 Å². The molecular weight excluding hydrogens is 368 g/mol. The molecule has 0 aromatic heterocycles. The maximum absolute atomic E-state index is 9.06. The van der Waals surface area contributed by atoms with Crippen molar-refractivity contribution in [3.63, 3.8) is 0 Å². The van der Waals surface area contributed by atoms with Crippen molar-refractivity contribution in [3.8, 4) is 22.9 Å². The predicted octanol–water partition coefficient (Wildman–Crippen LogP) is 5.99. The Morgan fingerprint density at radius 1 is 0.867 bits per heavy atom. The zero-order valence-electron chi connectivity index (χ0n) is 18.0. The SMILES string of the molecule is COc1ccc(-c2ccc(C#N)cc2)cc1C1CCN(C2CC3CCC(C3)C2)CC1. The summed E-state index contributed by atoms with van der Waals surface area (Å²) in [5, 5.41) is 9.06. The molecule has 3 fully saturated rings. The average molecular weight is 401 g/mol. The van der Waals surface area contributed by atoms with Gasteiger partial charge in [-0.1, -0.05) is 31.0 Å². The van der Waals surface area contributed by atoms with Crippen LogP contribution in [0.15, 0.2) is 42.5 Å². The Bertz CT molecular complexity index is 909. The largest absolute Gasteiger partial charge is 0.496 e. The number of hydrogen-bond acceptors (Lipinski definition) is 3. The van der Waals surface area contributed by atoms with Crippen LogP contribution in [0.4, 0.5) is 0 Å². The van der Waals surface area contributed by atoms with E-state index in [1.54, 1.807) is 7.11 Å². The zero-order chi connectivity index (χ0) is 20.5. The van der Waals surface area contributed by atoms with E-state index in [1.807, 2.05) is 24.3 Å². The molecule has 3 nitrogen and oxygen atoms in total. The van der Waals surface area contributed by atoms with E-state index in [2.05, 4.69) is 29.2 Å². The van der Waals surface area contributed by atoms with Gasteiger partial charge in [-0.15, -0.1) is 0 Å². The van der Waals surface area contributed by atoms with Crippen LogP contribution in [0.2, 0.25) is 0 Å². The van der Waals surface area contributed by atoms with E-state index in [0.29, 0.717) is 11.5 Å². The number of piperidine rings is 1. The monoisotopic (exact) mass is 400 g/mol. The zero-order valence-corrected chi connectivity index (χ0v) is 18.0. The lowest BCUT2D eigenvalue weighted by Crippen LogP contribution is -2.43. The Balaban J connectivity index is 1.31. The molecule has 2 unspecified atom stereocenters. The summed E-state index contributed by atoms with van der Waals surface area (Å²) in [6.07, 6.45) is 9.80. The van der Waals surface area contributed by atoms with Gasteiger partial charge in [-0.05, 0) is 104 Å². The van der Waals surface area contributed by atoms with Crippen molar-refractivity contribution >= 4 is 0 Å². The number of nitriles is 1. The van der Waals surface area contributed by atoms with Crippen LogP contribution in [0.3, 0.4) is 0 Å². The predicted molar refractivity (Wildman–Crippen MR) is 121 cm³/mol. The number of methoxy groups -OCH3 is 1. The van der Waals surface area contributed by atoms with Crippen molar-refractivity contribution in [1.82, 2.24) is 4.90 Å². The van der Waals surface area contributed by atoms with Gasteiger partial charge in [-0.25, -0.2) is 0 Å². The first-order valence-electron chi connectivity index (χ1n) is 11.7. The fourth-order valence-electron chi connectivity index (χ4n) is 6.32. The molecule has 2 aliphatic carbocycles. The normalized spacial score (nSPS) is 27.0. The van der Waals surface area contributed by atoms with Crippen molar-refractivity contribution in [2.24, 2.45) is 11.8 Å². The first kappa shape index (κ1) is 19.6. The topological polar surface area (TPSA) is 36.3 Å². The molecule has 0 N–H and O–H groups in total. The minimum atomic E-state index is 0.565. The fraction of sp³-hybridized carbons (Fsp3) is 0.519. The molecule has 30 heavy (non-hydrogen) atoms. The summed E-state index contributed by atoms with van der Waals surface area (Å²) < 4.78 is 5.75. The summed E-state index contributed by atoms with van der Waals surface area (Å²) in [5.74, 6) is 3.60. The summed E-state index contributed by atoms with van der Waals surface area (Å²) in [7, 11) is 1.78. The quantitative estimate of drug-likeness (QED) is 0.632.